The maximum absolute atomic E-state index is 6.01. The lowest BCUT2D eigenvalue weighted by Gasteiger charge is -2.09. The molecule has 0 aliphatic heterocycles. The molecule has 0 saturated heterocycles. The zero-order chi connectivity index (χ0) is 11.4. The molecule has 2 heterocycles. The molecule has 0 fully saturated rings. The predicted molar refractivity (Wildman–Crippen MR) is 64.0 cm³/mol. The Morgan fingerprint density at radius 1 is 1.62 bits per heavy atom. The largest absolute Gasteiger partial charge is 0.323 e. The van der Waals surface area contributed by atoms with E-state index in [0.717, 1.165) is 24.3 Å². The Balaban J connectivity index is 1.78. The SMILES string of the molecule is Cn1cc(C(N)CNCc2cscn2)cn1. The zero-order valence-corrected chi connectivity index (χ0v) is 9.94. The second-order valence-electron chi connectivity index (χ2n) is 3.66. The second-order valence-corrected chi connectivity index (χ2v) is 4.38. The lowest BCUT2D eigenvalue weighted by molar-refractivity contribution is 0.593. The molecule has 0 radical (unpaired) electrons. The Kier molecular flexibility index (Phi) is 3.66. The minimum atomic E-state index is -0.0210. The Labute approximate surface area is 98.3 Å². The molecule has 1 atom stereocenters. The van der Waals surface area contributed by atoms with E-state index in [1.165, 1.54) is 0 Å². The first-order valence-corrected chi connectivity index (χ1v) is 6.02. The van der Waals surface area contributed by atoms with Crippen LogP contribution in [0.1, 0.15) is 17.3 Å². The molecule has 2 aromatic heterocycles. The molecule has 16 heavy (non-hydrogen) atoms. The summed E-state index contributed by atoms with van der Waals surface area (Å²) in [5, 5.41) is 9.40. The fraction of sp³-hybridized carbons (Fsp3) is 0.400. The summed E-state index contributed by atoms with van der Waals surface area (Å²) in [7, 11) is 1.89. The van der Waals surface area contributed by atoms with Crippen LogP contribution in [0, 0.1) is 0 Å². The van der Waals surface area contributed by atoms with Crippen molar-refractivity contribution in [3.63, 3.8) is 0 Å². The van der Waals surface area contributed by atoms with Crippen molar-refractivity contribution in [2.75, 3.05) is 6.54 Å². The third-order valence-corrected chi connectivity index (χ3v) is 2.94. The van der Waals surface area contributed by atoms with Crippen molar-refractivity contribution in [2.24, 2.45) is 12.8 Å². The molecule has 0 aliphatic rings. The number of nitrogens with two attached hydrogens (primary N) is 1. The lowest BCUT2D eigenvalue weighted by atomic mass is 10.2. The fourth-order valence-electron chi connectivity index (χ4n) is 1.43. The lowest BCUT2D eigenvalue weighted by Crippen LogP contribution is -2.26. The van der Waals surface area contributed by atoms with Gasteiger partial charge < -0.3 is 11.1 Å². The van der Waals surface area contributed by atoms with Gasteiger partial charge >= 0.3 is 0 Å². The highest BCUT2D eigenvalue weighted by Crippen LogP contribution is 2.07. The van der Waals surface area contributed by atoms with Gasteiger partial charge in [0.05, 0.1) is 17.4 Å². The van der Waals surface area contributed by atoms with E-state index < -0.39 is 0 Å². The standard InChI is InChI=1S/C10H15N5S/c1-15-5-8(2-14-15)10(11)4-12-3-9-6-16-7-13-9/h2,5-7,10,12H,3-4,11H2,1H3. The van der Waals surface area contributed by atoms with E-state index in [-0.39, 0.29) is 6.04 Å². The van der Waals surface area contributed by atoms with E-state index in [0.29, 0.717) is 0 Å². The van der Waals surface area contributed by atoms with Crippen molar-refractivity contribution in [1.29, 1.82) is 0 Å². The predicted octanol–water partition coefficient (Wildman–Crippen LogP) is 0.666. The van der Waals surface area contributed by atoms with Gasteiger partial charge in [0.25, 0.3) is 0 Å². The van der Waals surface area contributed by atoms with Crippen molar-refractivity contribution in [2.45, 2.75) is 12.6 Å². The number of thiazole rings is 1. The normalized spacial score (nSPS) is 12.9. The fourth-order valence-corrected chi connectivity index (χ4v) is 1.99. The number of aromatic nitrogens is 3. The highest BCUT2D eigenvalue weighted by atomic mass is 32.1. The number of hydrogen-bond acceptors (Lipinski definition) is 5. The third kappa shape index (κ3) is 2.88. The van der Waals surface area contributed by atoms with Crippen LogP contribution in [0.4, 0.5) is 0 Å². The first-order chi connectivity index (χ1) is 7.75. The van der Waals surface area contributed by atoms with Gasteiger partial charge in [0.2, 0.25) is 0 Å². The van der Waals surface area contributed by atoms with E-state index in [1.54, 1.807) is 22.2 Å². The molecule has 2 aromatic rings. The molecule has 2 rings (SSSR count). The van der Waals surface area contributed by atoms with Gasteiger partial charge in [-0.3, -0.25) is 4.68 Å². The first kappa shape index (κ1) is 11.3. The summed E-state index contributed by atoms with van der Waals surface area (Å²) >= 11 is 1.60. The van der Waals surface area contributed by atoms with Crippen molar-refractivity contribution >= 4 is 11.3 Å². The van der Waals surface area contributed by atoms with Gasteiger partial charge in [-0.15, -0.1) is 11.3 Å². The van der Waals surface area contributed by atoms with Gasteiger partial charge in [-0.1, -0.05) is 0 Å². The van der Waals surface area contributed by atoms with Crippen molar-refractivity contribution in [3.8, 4) is 0 Å². The average molecular weight is 237 g/mol. The monoisotopic (exact) mass is 237 g/mol. The van der Waals surface area contributed by atoms with Crippen molar-refractivity contribution in [3.05, 3.63) is 34.5 Å². The van der Waals surface area contributed by atoms with E-state index in [1.807, 2.05) is 24.1 Å². The molecule has 5 nitrogen and oxygen atoms in total. The van der Waals surface area contributed by atoms with Gasteiger partial charge in [0.1, 0.15) is 0 Å². The molecule has 0 aromatic carbocycles. The van der Waals surface area contributed by atoms with Crippen LogP contribution in [-0.2, 0) is 13.6 Å². The third-order valence-electron chi connectivity index (χ3n) is 2.31. The average Bonchev–Trinajstić information content (AvgIpc) is 2.89. The zero-order valence-electron chi connectivity index (χ0n) is 9.13. The van der Waals surface area contributed by atoms with Gasteiger partial charge in [0.15, 0.2) is 0 Å². The van der Waals surface area contributed by atoms with Crippen LogP contribution < -0.4 is 11.1 Å². The molecule has 0 spiro atoms. The van der Waals surface area contributed by atoms with Crippen molar-refractivity contribution < 1.29 is 0 Å². The smallest absolute Gasteiger partial charge is 0.0795 e. The first-order valence-electron chi connectivity index (χ1n) is 5.07. The van der Waals surface area contributed by atoms with Crippen LogP contribution in [0.2, 0.25) is 0 Å². The van der Waals surface area contributed by atoms with Crippen molar-refractivity contribution in [1.82, 2.24) is 20.1 Å². The molecule has 6 heteroatoms. The van der Waals surface area contributed by atoms with Crippen LogP contribution >= 0.6 is 11.3 Å². The number of aryl methyl sites for hydroxylation is 1. The van der Waals surface area contributed by atoms with E-state index >= 15 is 0 Å². The Morgan fingerprint density at radius 3 is 3.12 bits per heavy atom. The van der Waals surface area contributed by atoms with Crippen LogP contribution in [0.3, 0.4) is 0 Å². The van der Waals surface area contributed by atoms with E-state index in [4.69, 9.17) is 5.73 Å². The Morgan fingerprint density at radius 2 is 2.50 bits per heavy atom. The maximum Gasteiger partial charge on any atom is 0.0795 e. The van der Waals surface area contributed by atoms with Gasteiger partial charge in [-0.05, 0) is 0 Å². The summed E-state index contributed by atoms with van der Waals surface area (Å²) in [6.07, 6.45) is 3.74. The molecule has 0 aliphatic carbocycles. The summed E-state index contributed by atoms with van der Waals surface area (Å²) in [5.41, 5.74) is 9.95. The molecule has 0 amide bonds. The number of nitrogens with zero attached hydrogens (tertiary/aromatic N) is 3. The van der Waals surface area contributed by atoms with Gasteiger partial charge in [0, 0.05) is 43.3 Å². The highest BCUT2D eigenvalue weighted by Gasteiger charge is 2.07. The minimum absolute atomic E-state index is 0.0210. The summed E-state index contributed by atoms with van der Waals surface area (Å²) in [6.45, 7) is 1.49. The number of nitrogens with one attached hydrogen (secondary N) is 1. The van der Waals surface area contributed by atoms with Crippen LogP contribution in [0.5, 0.6) is 0 Å². The van der Waals surface area contributed by atoms with E-state index in [9.17, 15) is 0 Å². The molecule has 0 bridgehead atoms. The van der Waals surface area contributed by atoms with Gasteiger partial charge in [-0.2, -0.15) is 5.10 Å². The molecule has 3 N–H and O–H groups in total. The Hall–Kier alpha value is -1.24. The molecule has 1 unspecified atom stereocenters. The number of rotatable bonds is 5. The highest BCUT2D eigenvalue weighted by molar-refractivity contribution is 7.07. The number of hydrogen-bond donors (Lipinski definition) is 2. The topological polar surface area (TPSA) is 68.8 Å². The van der Waals surface area contributed by atoms with Crippen LogP contribution in [-0.4, -0.2) is 21.3 Å². The van der Waals surface area contributed by atoms with Gasteiger partial charge in [-0.25, -0.2) is 4.98 Å². The molecular weight excluding hydrogens is 222 g/mol. The summed E-state index contributed by atoms with van der Waals surface area (Å²) in [6, 6.07) is -0.0210. The van der Waals surface area contributed by atoms with Crippen LogP contribution in [0.25, 0.3) is 0 Å². The summed E-state index contributed by atoms with van der Waals surface area (Å²) in [4.78, 5) is 4.19. The van der Waals surface area contributed by atoms with Crippen LogP contribution in [0.15, 0.2) is 23.3 Å². The quantitative estimate of drug-likeness (QED) is 0.802. The molecular formula is C10H15N5S. The Bertz CT molecular complexity index is 422. The minimum Gasteiger partial charge on any atom is -0.323 e. The maximum atomic E-state index is 6.01. The molecule has 86 valence electrons. The van der Waals surface area contributed by atoms with E-state index in [2.05, 4.69) is 15.4 Å². The summed E-state index contributed by atoms with van der Waals surface area (Å²) < 4.78 is 1.76. The summed E-state index contributed by atoms with van der Waals surface area (Å²) in [5.74, 6) is 0. The second kappa shape index (κ2) is 5.20. The molecule has 0 saturated carbocycles.